The van der Waals surface area contributed by atoms with Crippen LogP contribution in [0.4, 0.5) is 5.95 Å². The number of hydrogen-bond acceptors (Lipinski definition) is 12. The van der Waals surface area contributed by atoms with Crippen LogP contribution >= 0.6 is 15.6 Å². The topological polar surface area (TPSA) is 250 Å². The Morgan fingerprint density at radius 3 is 2.77 bits per heavy atom. The van der Waals surface area contributed by atoms with Crippen molar-refractivity contribution < 1.29 is 46.9 Å². The molecular weight excluding hydrogens is 514 g/mol. The fourth-order valence-electron chi connectivity index (χ4n) is 3.17. The van der Waals surface area contributed by atoms with Gasteiger partial charge in [-0.25, -0.2) is 14.1 Å². The molecule has 194 valence electrons. The van der Waals surface area contributed by atoms with Crippen molar-refractivity contribution in [3.8, 4) is 0 Å². The molecule has 7 N–H and O–H groups in total. The normalized spacial score (nSPS) is 25.7. The smallest absolute Gasteiger partial charge is 0.388 e. The summed E-state index contributed by atoms with van der Waals surface area (Å²) in [6, 6.07) is 0. The lowest BCUT2D eigenvalue weighted by molar-refractivity contribution is -0.116. The SMILES string of the molecule is C=CC(=O)NCCOP(=O)(O)OP(=O)(O)OC[C@H]1O[C@@H](n2cnc3c(=O)[nH]c(N)nc32)[C@H](O)[C@@H]1C. The summed E-state index contributed by atoms with van der Waals surface area (Å²) in [5.41, 5.74) is 4.97. The number of nitrogens with zero attached hydrogens (tertiary/aromatic N) is 3. The molecule has 1 fully saturated rings. The third-order valence-electron chi connectivity index (χ3n) is 4.91. The second-order valence-corrected chi connectivity index (χ2v) is 10.4. The van der Waals surface area contributed by atoms with Crippen molar-refractivity contribution in [3.05, 3.63) is 29.3 Å². The molecule has 2 aromatic rings. The van der Waals surface area contributed by atoms with E-state index >= 15 is 0 Å². The highest BCUT2D eigenvalue weighted by Gasteiger charge is 2.44. The molecule has 0 aromatic carbocycles. The van der Waals surface area contributed by atoms with Gasteiger partial charge in [0.15, 0.2) is 17.4 Å². The summed E-state index contributed by atoms with van der Waals surface area (Å²) in [4.78, 5) is 52.6. The van der Waals surface area contributed by atoms with E-state index in [1.807, 2.05) is 0 Å². The molecule has 0 radical (unpaired) electrons. The van der Waals surface area contributed by atoms with Gasteiger partial charge in [0.05, 0.1) is 25.6 Å². The number of anilines is 1. The summed E-state index contributed by atoms with van der Waals surface area (Å²) in [5, 5.41) is 12.9. The molecule has 35 heavy (non-hydrogen) atoms. The van der Waals surface area contributed by atoms with Gasteiger partial charge in [-0.1, -0.05) is 13.5 Å². The summed E-state index contributed by atoms with van der Waals surface area (Å²) in [7, 11) is -10.1. The standard InChI is InChI=1S/C16H24N6O11P2/c1-3-10(23)18-4-5-30-34(26,27)33-35(28,29)31-6-9-8(2)12(24)15(32-9)22-7-19-11-13(22)20-16(17)21-14(11)25/h3,7-9,12,15,24H,1,4-6H2,2H3,(H,18,23)(H,26,27)(H,28,29)(H3,17,20,21,25)/t8-,9-,12-,15-/m1/s1. The number of aromatic amines is 1. The number of nitrogens with two attached hydrogens (primary N) is 1. The fourth-order valence-corrected chi connectivity index (χ4v) is 5.24. The lowest BCUT2D eigenvalue weighted by Gasteiger charge is -2.19. The van der Waals surface area contributed by atoms with Crippen molar-refractivity contribution in [1.82, 2.24) is 24.8 Å². The van der Waals surface area contributed by atoms with Crippen molar-refractivity contribution in [2.24, 2.45) is 5.92 Å². The van der Waals surface area contributed by atoms with Crippen LogP contribution in [-0.2, 0) is 32.0 Å². The molecule has 2 unspecified atom stereocenters. The minimum atomic E-state index is -5.12. The molecule has 1 amide bonds. The molecule has 3 rings (SSSR count). The van der Waals surface area contributed by atoms with E-state index in [0.29, 0.717) is 0 Å². The molecule has 0 spiro atoms. The molecule has 0 bridgehead atoms. The highest BCUT2D eigenvalue weighted by molar-refractivity contribution is 7.61. The number of imidazole rings is 1. The van der Waals surface area contributed by atoms with Crippen LogP contribution in [0.15, 0.2) is 23.8 Å². The van der Waals surface area contributed by atoms with Crippen molar-refractivity contribution in [2.45, 2.75) is 25.4 Å². The Balaban J connectivity index is 1.60. The highest BCUT2D eigenvalue weighted by Crippen LogP contribution is 2.60. The van der Waals surface area contributed by atoms with Crippen LogP contribution in [0.5, 0.6) is 0 Å². The number of nitrogen functional groups attached to an aromatic ring is 1. The summed E-state index contributed by atoms with van der Waals surface area (Å²) in [6.45, 7) is 3.45. The van der Waals surface area contributed by atoms with Crippen molar-refractivity contribution >= 4 is 38.7 Å². The van der Waals surface area contributed by atoms with Gasteiger partial charge in [-0.15, -0.1) is 0 Å². The maximum Gasteiger partial charge on any atom is 0.481 e. The van der Waals surface area contributed by atoms with Crippen LogP contribution in [0.3, 0.4) is 0 Å². The van der Waals surface area contributed by atoms with Crippen molar-refractivity contribution in [1.29, 1.82) is 0 Å². The zero-order valence-corrected chi connectivity index (χ0v) is 20.0. The van der Waals surface area contributed by atoms with E-state index in [0.717, 1.165) is 6.08 Å². The average molecular weight is 538 g/mol. The number of phosphoric acid groups is 2. The second-order valence-electron chi connectivity index (χ2n) is 7.33. The number of aliphatic hydroxyl groups is 1. The first-order valence-electron chi connectivity index (χ1n) is 9.95. The Kier molecular flexibility index (Phi) is 8.26. The maximum absolute atomic E-state index is 12.1. The van der Waals surface area contributed by atoms with Gasteiger partial charge in [-0.2, -0.15) is 9.29 Å². The van der Waals surface area contributed by atoms with Gasteiger partial charge in [-0.05, 0) is 6.08 Å². The molecular formula is C16H24N6O11P2. The molecule has 0 aliphatic carbocycles. The molecule has 1 saturated heterocycles. The first-order valence-corrected chi connectivity index (χ1v) is 12.9. The van der Waals surface area contributed by atoms with Gasteiger partial charge in [0, 0.05) is 12.5 Å². The number of amides is 1. The third kappa shape index (κ3) is 6.61. The summed E-state index contributed by atoms with van der Waals surface area (Å²) in [6.07, 6.45) is -1.08. The molecule has 19 heteroatoms. The van der Waals surface area contributed by atoms with Crippen LogP contribution in [-0.4, -0.2) is 72.3 Å². The Morgan fingerprint density at radius 2 is 2.09 bits per heavy atom. The number of rotatable bonds is 11. The average Bonchev–Trinajstić information content (AvgIpc) is 3.30. The van der Waals surface area contributed by atoms with Gasteiger partial charge in [0.25, 0.3) is 5.56 Å². The first-order chi connectivity index (χ1) is 16.3. The monoisotopic (exact) mass is 538 g/mol. The fraction of sp³-hybridized carbons (Fsp3) is 0.500. The van der Waals surface area contributed by atoms with Crippen molar-refractivity contribution in [2.75, 3.05) is 25.5 Å². The lowest BCUT2D eigenvalue weighted by Crippen LogP contribution is -2.26. The van der Waals surface area contributed by atoms with Crippen LogP contribution in [0.2, 0.25) is 0 Å². The molecule has 3 heterocycles. The van der Waals surface area contributed by atoms with Crippen LogP contribution in [0, 0.1) is 5.92 Å². The second kappa shape index (κ2) is 10.7. The van der Waals surface area contributed by atoms with E-state index in [1.165, 1.54) is 10.9 Å². The first kappa shape index (κ1) is 27.1. The number of hydrogen-bond donors (Lipinski definition) is 6. The highest BCUT2D eigenvalue weighted by atomic mass is 31.3. The van der Waals surface area contributed by atoms with Crippen LogP contribution in [0.25, 0.3) is 11.2 Å². The van der Waals surface area contributed by atoms with Gasteiger partial charge < -0.3 is 30.7 Å². The van der Waals surface area contributed by atoms with E-state index < -0.39 is 64.7 Å². The van der Waals surface area contributed by atoms with E-state index in [9.17, 15) is 33.6 Å². The number of phosphoric ester groups is 2. The molecule has 2 aromatic heterocycles. The number of aliphatic hydroxyl groups excluding tert-OH is 1. The van der Waals surface area contributed by atoms with Gasteiger partial charge in [0.2, 0.25) is 11.9 Å². The Labute approximate surface area is 197 Å². The zero-order chi connectivity index (χ0) is 26.0. The molecule has 1 aliphatic rings. The Bertz CT molecular complexity index is 1250. The number of fused-ring (bicyclic) bond motifs is 1. The number of carbonyl (C=O) groups excluding carboxylic acids is 1. The predicted molar refractivity (Wildman–Crippen MR) is 117 cm³/mol. The molecule has 0 saturated carbocycles. The largest absolute Gasteiger partial charge is 0.481 e. The van der Waals surface area contributed by atoms with E-state index in [4.69, 9.17) is 15.0 Å². The van der Waals surface area contributed by atoms with Crippen molar-refractivity contribution in [3.63, 3.8) is 0 Å². The molecule has 6 atom stereocenters. The molecule has 1 aliphatic heterocycles. The summed E-state index contributed by atoms with van der Waals surface area (Å²) < 4.78 is 44.5. The van der Waals surface area contributed by atoms with Gasteiger partial charge in [0.1, 0.15) is 6.10 Å². The lowest BCUT2D eigenvalue weighted by atomic mass is 10.0. The van der Waals surface area contributed by atoms with Crippen LogP contribution in [0.1, 0.15) is 13.2 Å². The summed E-state index contributed by atoms with van der Waals surface area (Å²) >= 11 is 0. The number of aromatic nitrogens is 4. The number of ether oxygens (including phenoxy) is 1. The summed E-state index contributed by atoms with van der Waals surface area (Å²) in [5.74, 6) is -1.40. The number of nitrogens with one attached hydrogen (secondary N) is 2. The number of H-pyrrole nitrogens is 1. The number of carbonyl (C=O) groups is 1. The quantitative estimate of drug-likeness (QED) is 0.116. The van der Waals surface area contributed by atoms with Gasteiger partial charge in [-0.3, -0.25) is 28.2 Å². The zero-order valence-electron chi connectivity index (χ0n) is 18.2. The Morgan fingerprint density at radius 1 is 1.40 bits per heavy atom. The minimum Gasteiger partial charge on any atom is -0.388 e. The Hall–Kier alpha value is -2.46. The molecule has 17 nitrogen and oxygen atoms in total. The van der Waals surface area contributed by atoms with E-state index in [-0.39, 0.29) is 23.7 Å². The van der Waals surface area contributed by atoms with Gasteiger partial charge >= 0.3 is 15.6 Å². The van der Waals surface area contributed by atoms with E-state index in [2.05, 4.69) is 35.7 Å². The minimum absolute atomic E-state index is 0.0432. The van der Waals surface area contributed by atoms with Crippen LogP contribution < -0.4 is 16.6 Å². The third-order valence-corrected chi connectivity index (χ3v) is 7.54. The van der Waals surface area contributed by atoms with E-state index in [1.54, 1.807) is 6.92 Å². The predicted octanol–water partition coefficient (Wildman–Crippen LogP) is -0.851. The maximum atomic E-state index is 12.1.